The Morgan fingerprint density at radius 3 is 2.72 bits per heavy atom. The number of phenols is 1. The number of carbonyl (C=O) groups excluding carboxylic acids is 1. The lowest BCUT2D eigenvalue weighted by atomic mass is 10.1. The second-order valence-corrected chi connectivity index (χ2v) is 6.33. The number of amides is 1. The topological polar surface area (TPSA) is 73.7 Å². The summed E-state index contributed by atoms with van der Waals surface area (Å²) in [6, 6.07) is 18.9. The van der Waals surface area contributed by atoms with Crippen LogP contribution in [0.2, 0.25) is 0 Å². The number of hydrazone groups is 1. The fraction of sp³-hybridized carbons (Fsp3) is 0.0526. The normalized spacial score (nSPS) is 10.9. The van der Waals surface area contributed by atoms with E-state index in [2.05, 4.69) is 31.8 Å². The summed E-state index contributed by atoms with van der Waals surface area (Å²) in [7, 11) is 0. The van der Waals surface area contributed by atoms with Gasteiger partial charge in [-0.2, -0.15) is 5.10 Å². The number of nitrogens with zero attached hydrogens (tertiary/aromatic N) is 1. The van der Waals surface area contributed by atoms with Gasteiger partial charge in [-0.05, 0) is 41.1 Å². The van der Waals surface area contributed by atoms with Crippen LogP contribution in [0.15, 0.2) is 70.2 Å². The van der Waals surface area contributed by atoms with E-state index in [1.807, 2.05) is 42.5 Å². The molecular formula is C19H16BrN3O2. The first-order valence-electron chi connectivity index (χ1n) is 7.65. The molecule has 0 aliphatic heterocycles. The fourth-order valence-electron chi connectivity index (χ4n) is 2.32. The van der Waals surface area contributed by atoms with Crippen molar-refractivity contribution in [2.45, 2.75) is 0 Å². The zero-order valence-electron chi connectivity index (χ0n) is 13.2. The van der Waals surface area contributed by atoms with Gasteiger partial charge in [-0.3, -0.25) is 4.79 Å². The third kappa shape index (κ3) is 4.58. The molecule has 3 aromatic carbocycles. The van der Waals surface area contributed by atoms with E-state index >= 15 is 0 Å². The molecule has 25 heavy (non-hydrogen) atoms. The molecular weight excluding hydrogens is 382 g/mol. The number of rotatable bonds is 5. The maximum Gasteiger partial charge on any atom is 0.259 e. The maximum absolute atomic E-state index is 11.9. The minimum atomic E-state index is -0.279. The average Bonchev–Trinajstić information content (AvgIpc) is 2.62. The Bertz CT molecular complexity index is 941. The average molecular weight is 398 g/mol. The summed E-state index contributed by atoms with van der Waals surface area (Å²) >= 11 is 3.31. The molecule has 0 saturated carbocycles. The lowest BCUT2D eigenvalue weighted by molar-refractivity contribution is -0.119. The van der Waals surface area contributed by atoms with Gasteiger partial charge in [0, 0.05) is 15.7 Å². The van der Waals surface area contributed by atoms with Gasteiger partial charge in [-0.15, -0.1) is 0 Å². The first-order valence-corrected chi connectivity index (χ1v) is 8.44. The zero-order valence-corrected chi connectivity index (χ0v) is 14.8. The van der Waals surface area contributed by atoms with Crippen LogP contribution in [-0.2, 0) is 4.79 Å². The van der Waals surface area contributed by atoms with Crippen LogP contribution in [0.5, 0.6) is 5.75 Å². The molecule has 6 heteroatoms. The van der Waals surface area contributed by atoms with E-state index in [4.69, 9.17) is 0 Å². The molecule has 0 saturated heterocycles. The molecule has 0 aliphatic carbocycles. The number of fused-ring (bicyclic) bond motifs is 1. The molecule has 0 bridgehead atoms. The molecule has 5 nitrogen and oxygen atoms in total. The van der Waals surface area contributed by atoms with Gasteiger partial charge in [0.2, 0.25) is 0 Å². The Balaban J connectivity index is 1.55. The number of phenolic OH excluding ortho intramolecular Hbond substituents is 1. The summed E-state index contributed by atoms with van der Waals surface area (Å²) in [5.74, 6) is -0.186. The van der Waals surface area contributed by atoms with E-state index < -0.39 is 0 Å². The fourth-order valence-corrected chi connectivity index (χ4v) is 2.70. The van der Waals surface area contributed by atoms with Gasteiger partial charge in [0.05, 0.1) is 12.8 Å². The van der Waals surface area contributed by atoms with Crippen molar-refractivity contribution in [1.82, 2.24) is 5.43 Å². The second-order valence-electron chi connectivity index (χ2n) is 5.41. The molecule has 126 valence electrons. The van der Waals surface area contributed by atoms with Gasteiger partial charge in [-0.25, -0.2) is 5.43 Å². The quantitative estimate of drug-likeness (QED) is 0.451. The molecule has 0 radical (unpaired) electrons. The van der Waals surface area contributed by atoms with E-state index in [0.717, 1.165) is 20.9 Å². The molecule has 3 rings (SSSR count). The molecule has 3 aromatic rings. The van der Waals surface area contributed by atoms with Crippen molar-refractivity contribution >= 4 is 44.5 Å². The number of carbonyl (C=O) groups is 1. The van der Waals surface area contributed by atoms with Crippen molar-refractivity contribution < 1.29 is 9.90 Å². The van der Waals surface area contributed by atoms with Gasteiger partial charge in [0.25, 0.3) is 5.91 Å². The molecule has 0 spiro atoms. The number of halogens is 1. The SMILES string of the molecule is O=C(CNc1ccc2ccccc2c1)N/N=C\c1cc(Br)ccc1O. The smallest absolute Gasteiger partial charge is 0.259 e. The van der Waals surface area contributed by atoms with Crippen molar-refractivity contribution in [1.29, 1.82) is 0 Å². The van der Waals surface area contributed by atoms with Crippen molar-refractivity contribution in [2.24, 2.45) is 5.10 Å². The predicted octanol–water partition coefficient (Wildman–Crippen LogP) is 3.87. The van der Waals surface area contributed by atoms with Gasteiger partial charge in [0.15, 0.2) is 0 Å². The van der Waals surface area contributed by atoms with Crippen LogP contribution >= 0.6 is 15.9 Å². The highest BCUT2D eigenvalue weighted by atomic mass is 79.9. The Labute approximate surface area is 153 Å². The number of hydrogen-bond acceptors (Lipinski definition) is 4. The van der Waals surface area contributed by atoms with Crippen LogP contribution in [0.3, 0.4) is 0 Å². The minimum Gasteiger partial charge on any atom is -0.507 e. The highest BCUT2D eigenvalue weighted by molar-refractivity contribution is 9.10. The van der Waals surface area contributed by atoms with Crippen LogP contribution in [-0.4, -0.2) is 23.8 Å². The standard InChI is InChI=1S/C19H16BrN3O2/c20-16-6-8-18(24)15(9-16)11-22-23-19(25)12-21-17-7-5-13-3-1-2-4-14(13)10-17/h1-11,21,24H,12H2,(H,23,25)/b22-11-. The minimum absolute atomic E-state index is 0.0930. The van der Waals surface area contributed by atoms with E-state index in [9.17, 15) is 9.90 Å². The summed E-state index contributed by atoms with van der Waals surface area (Å²) in [4.78, 5) is 11.9. The van der Waals surface area contributed by atoms with E-state index in [0.29, 0.717) is 5.56 Å². The summed E-state index contributed by atoms with van der Waals surface area (Å²) in [6.07, 6.45) is 1.40. The Morgan fingerprint density at radius 2 is 1.88 bits per heavy atom. The maximum atomic E-state index is 11.9. The highest BCUT2D eigenvalue weighted by Crippen LogP contribution is 2.20. The van der Waals surface area contributed by atoms with Crippen LogP contribution in [0.25, 0.3) is 10.8 Å². The number of aromatic hydroxyl groups is 1. The third-order valence-electron chi connectivity index (χ3n) is 3.58. The Hall–Kier alpha value is -2.86. The molecule has 0 atom stereocenters. The summed E-state index contributed by atoms with van der Waals surface area (Å²) in [5, 5.41) is 18.9. The number of hydrogen-bond donors (Lipinski definition) is 3. The number of nitrogens with one attached hydrogen (secondary N) is 2. The summed E-state index contributed by atoms with van der Waals surface area (Å²) < 4.78 is 0.816. The molecule has 0 heterocycles. The van der Waals surface area contributed by atoms with Crippen molar-refractivity contribution in [2.75, 3.05) is 11.9 Å². The molecule has 3 N–H and O–H groups in total. The molecule has 0 aromatic heterocycles. The second kappa shape index (κ2) is 7.81. The van der Waals surface area contributed by atoms with E-state index in [-0.39, 0.29) is 18.2 Å². The van der Waals surface area contributed by atoms with Gasteiger partial charge in [-0.1, -0.05) is 46.3 Å². The number of anilines is 1. The van der Waals surface area contributed by atoms with E-state index in [1.165, 1.54) is 6.21 Å². The first-order chi connectivity index (χ1) is 12.1. The molecule has 0 aliphatic rings. The monoisotopic (exact) mass is 397 g/mol. The number of benzene rings is 3. The third-order valence-corrected chi connectivity index (χ3v) is 4.08. The lowest BCUT2D eigenvalue weighted by Gasteiger charge is -2.06. The molecule has 0 fully saturated rings. The van der Waals surface area contributed by atoms with Gasteiger partial charge in [0.1, 0.15) is 5.75 Å². The van der Waals surface area contributed by atoms with Crippen molar-refractivity contribution in [3.8, 4) is 5.75 Å². The first kappa shape index (κ1) is 17.0. The van der Waals surface area contributed by atoms with Crippen LogP contribution < -0.4 is 10.7 Å². The van der Waals surface area contributed by atoms with Gasteiger partial charge >= 0.3 is 0 Å². The van der Waals surface area contributed by atoms with Crippen molar-refractivity contribution in [3.63, 3.8) is 0 Å². The lowest BCUT2D eigenvalue weighted by Crippen LogP contribution is -2.25. The largest absolute Gasteiger partial charge is 0.507 e. The Morgan fingerprint density at radius 1 is 1.08 bits per heavy atom. The van der Waals surface area contributed by atoms with Crippen molar-refractivity contribution in [3.05, 3.63) is 70.7 Å². The predicted molar refractivity (Wildman–Crippen MR) is 104 cm³/mol. The summed E-state index contributed by atoms with van der Waals surface area (Å²) in [5.41, 5.74) is 3.80. The summed E-state index contributed by atoms with van der Waals surface area (Å²) in [6.45, 7) is 0.0974. The molecule has 0 unspecified atom stereocenters. The Kier molecular flexibility index (Phi) is 5.30. The highest BCUT2D eigenvalue weighted by Gasteiger charge is 2.02. The van der Waals surface area contributed by atoms with Crippen LogP contribution in [0.4, 0.5) is 5.69 Å². The zero-order chi connectivity index (χ0) is 17.6. The van der Waals surface area contributed by atoms with Crippen LogP contribution in [0.1, 0.15) is 5.56 Å². The molecule has 1 amide bonds. The van der Waals surface area contributed by atoms with E-state index in [1.54, 1.807) is 18.2 Å². The van der Waals surface area contributed by atoms with Crippen LogP contribution in [0, 0.1) is 0 Å². The van der Waals surface area contributed by atoms with Gasteiger partial charge < -0.3 is 10.4 Å².